The second kappa shape index (κ2) is 46.2. The van der Waals surface area contributed by atoms with Gasteiger partial charge in [0.1, 0.15) is 73.2 Å². The van der Waals surface area contributed by atoms with Gasteiger partial charge in [-0.05, 0) is 51.4 Å². The van der Waals surface area contributed by atoms with Crippen LogP contribution in [0.3, 0.4) is 0 Å². The van der Waals surface area contributed by atoms with Gasteiger partial charge in [-0.1, -0.05) is 204 Å². The predicted octanol–water partition coefficient (Wildman–Crippen LogP) is 6.88. The molecule has 3 aliphatic heterocycles. The molecule has 19 heteroatoms. The van der Waals surface area contributed by atoms with Gasteiger partial charge in [0.2, 0.25) is 5.91 Å². The standard InChI is InChI=1S/C63H115NO18/c1-3-5-7-9-10-11-12-13-14-15-16-17-18-19-20-21-22-23-24-25-26-27-28-29-30-31-32-33-34-35-36-37-39-41-51(69)64-46(47(68)40-38-8-6-4-2)45-77-61-57(75)54(72)59(49(43-66)79-61)82-63-58(76)55(73)60(50(44-67)80-63)81-62-56(74)53(71)52(70)48(42-65)78-62/h12-13,15-16,18-19,46-50,52-63,65-68,70-76H,3-11,14,17,20-45H2,1-2H3,(H,64,69)/b13-12-,16-15-,19-18-. The van der Waals surface area contributed by atoms with Gasteiger partial charge in [0, 0.05) is 6.42 Å². The third-order valence-electron chi connectivity index (χ3n) is 16.2. The Morgan fingerprint density at radius 3 is 1.26 bits per heavy atom. The first kappa shape index (κ1) is 74.3. The highest BCUT2D eigenvalue weighted by Gasteiger charge is 2.53. The molecule has 3 saturated heterocycles. The number of hydrogen-bond acceptors (Lipinski definition) is 18. The zero-order chi connectivity index (χ0) is 59.7. The predicted molar refractivity (Wildman–Crippen MR) is 314 cm³/mol. The van der Waals surface area contributed by atoms with Crippen LogP contribution in [0.5, 0.6) is 0 Å². The van der Waals surface area contributed by atoms with Gasteiger partial charge in [0.25, 0.3) is 0 Å². The number of aliphatic hydroxyl groups is 11. The topological polar surface area (TPSA) is 307 Å². The third kappa shape index (κ3) is 29.1. The third-order valence-corrected chi connectivity index (χ3v) is 16.2. The molecule has 82 heavy (non-hydrogen) atoms. The van der Waals surface area contributed by atoms with Crippen molar-refractivity contribution in [3.05, 3.63) is 36.5 Å². The van der Waals surface area contributed by atoms with Crippen molar-refractivity contribution in [1.82, 2.24) is 5.32 Å². The van der Waals surface area contributed by atoms with E-state index in [1.165, 1.54) is 135 Å². The Balaban J connectivity index is 1.26. The molecule has 19 nitrogen and oxygen atoms in total. The maximum atomic E-state index is 13.2. The van der Waals surface area contributed by atoms with Gasteiger partial charge in [-0.2, -0.15) is 0 Å². The molecular weight excluding hydrogens is 1060 g/mol. The molecule has 12 N–H and O–H groups in total. The van der Waals surface area contributed by atoms with E-state index in [0.717, 1.165) is 51.4 Å². The molecule has 3 rings (SSSR count). The molecule has 17 unspecified atom stereocenters. The molecular formula is C63H115NO18. The molecule has 0 aromatic rings. The summed E-state index contributed by atoms with van der Waals surface area (Å²) < 4.78 is 34.1. The van der Waals surface area contributed by atoms with Crippen molar-refractivity contribution in [3.8, 4) is 0 Å². The second-order valence-electron chi connectivity index (χ2n) is 23.2. The van der Waals surface area contributed by atoms with Crippen LogP contribution in [-0.4, -0.2) is 193 Å². The van der Waals surface area contributed by atoms with Crippen LogP contribution >= 0.6 is 0 Å². The Kier molecular flexibility index (Phi) is 41.8. The monoisotopic (exact) mass is 1170 g/mol. The zero-order valence-corrected chi connectivity index (χ0v) is 50.2. The number of carbonyl (C=O) groups excluding carboxylic acids is 1. The minimum atomic E-state index is -1.97. The highest BCUT2D eigenvalue weighted by atomic mass is 16.8. The van der Waals surface area contributed by atoms with E-state index < -0.39 is 124 Å². The van der Waals surface area contributed by atoms with Gasteiger partial charge >= 0.3 is 0 Å². The number of rotatable bonds is 48. The molecule has 0 radical (unpaired) electrons. The van der Waals surface area contributed by atoms with Gasteiger partial charge in [0.05, 0.1) is 38.6 Å². The van der Waals surface area contributed by atoms with Gasteiger partial charge in [0.15, 0.2) is 18.9 Å². The van der Waals surface area contributed by atoms with E-state index in [-0.39, 0.29) is 18.9 Å². The molecule has 0 saturated carbocycles. The van der Waals surface area contributed by atoms with Gasteiger partial charge in [-0.3, -0.25) is 4.79 Å². The van der Waals surface area contributed by atoms with Crippen molar-refractivity contribution in [2.75, 3.05) is 26.4 Å². The first-order valence-corrected chi connectivity index (χ1v) is 32.2. The van der Waals surface area contributed by atoms with E-state index >= 15 is 0 Å². The molecule has 17 atom stereocenters. The fourth-order valence-electron chi connectivity index (χ4n) is 10.9. The summed E-state index contributed by atoms with van der Waals surface area (Å²) in [5.41, 5.74) is 0. The summed E-state index contributed by atoms with van der Waals surface area (Å²) in [6, 6.07) is -0.881. The highest BCUT2D eigenvalue weighted by molar-refractivity contribution is 5.76. The first-order chi connectivity index (χ1) is 39.8. The summed E-state index contributed by atoms with van der Waals surface area (Å²) in [7, 11) is 0. The molecule has 0 spiro atoms. The van der Waals surface area contributed by atoms with Crippen molar-refractivity contribution in [2.45, 2.75) is 330 Å². The Morgan fingerprint density at radius 2 is 0.805 bits per heavy atom. The Hall–Kier alpha value is -1.99. The van der Waals surface area contributed by atoms with Crippen LogP contribution in [0.25, 0.3) is 0 Å². The minimum Gasteiger partial charge on any atom is -0.394 e. The molecule has 0 aromatic heterocycles. The lowest BCUT2D eigenvalue weighted by Gasteiger charge is -2.48. The number of amides is 1. The number of hydrogen-bond donors (Lipinski definition) is 12. The number of nitrogens with one attached hydrogen (secondary N) is 1. The summed E-state index contributed by atoms with van der Waals surface area (Å²) >= 11 is 0. The number of ether oxygens (including phenoxy) is 6. The summed E-state index contributed by atoms with van der Waals surface area (Å²) in [5.74, 6) is -0.251. The highest BCUT2D eigenvalue weighted by Crippen LogP contribution is 2.33. The maximum absolute atomic E-state index is 13.2. The fraction of sp³-hybridized carbons (Fsp3) is 0.889. The molecule has 480 valence electrons. The molecule has 3 fully saturated rings. The van der Waals surface area contributed by atoms with Crippen LogP contribution in [0.1, 0.15) is 226 Å². The molecule has 3 heterocycles. The van der Waals surface area contributed by atoms with Crippen LogP contribution in [0, 0.1) is 0 Å². The number of unbranched alkanes of at least 4 members (excludes halogenated alkanes) is 26. The van der Waals surface area contributed by atoms with Crippen LogP contribution in [0.4, 0.5) is 0 Å². The number of carbonyl (C=O) groups is 1. The van der Waals surface area contributed by atoms with Crippen LogP contribution in [-0.2, 0) is 33.2 Å². The molecule has 3 aliphatic rings. The normalized spacial score (nSPS) is 29.8. The lowest BCUT2D eigenvalue weighted by molar-refractivity contribution is -0.379. The van der Waals surface area contributed by atoms with E-state index in [1.54, 1.807) is 0 Å². The summed E-state index contributed by atoms with van der Waals surface area (Å²) in [4.78, 5) is 13.2. The summed E-state index contributed by atoms with van der Waals surface area (Å²) in [6.45, 7) is 1.64. The SMILES string of the molecule is CCCCCCC/C=C\C/C=C\C/C=C\CCCCCCCCCCCCCCCCCCCCC(=O)NC(COC1OC(CO)C(OC2OC(CO)C(OC3OC(CO)C(O)C(O)C3O)C(O)C2O)C(O)C1O)C(O)CCCCCC. The lowest BCUT2D eigenvalue weighted by atomic mass is 9.96. The lowest BCUT2D eigenvalue weighted by Crippen LogP contribution is -2.66. The smallest absolute Gasteiger partial charge is 0.220 e. The quantitative estimate of drug-likeness (QED) is 0.0218. The van der Waals surface area contributed by atoms with Gasteiger partial charge in [-0.25, -0.2) is 0 Å². The van der Waals surface area contributed by atoms with Crippen molar-refractivity contribution >= 4 is 5.91 Å². The second-order valence-corrected chi connectivity index (χ2v) is 23.2. The van der Waals surface area contributed by atoms with E-state index in [0.29, 0.717) is 19.3 Å². The van der Waals surface area contributed by atoms with Crippen LogP contribution < -0.4 is 5.32 Å². The van der Waals surface area contributed by atoms with E-state index in [4.69, 9.17) is 28.4 Å². The van der Waals surface area contributed by atoms with Gasteiger partial charge in [-0.15, -0.1) is 0 Å². The first-order valence-electron chi connectivity index (χ1n) is 32.2. The molecule has 1 amide bonds. The number of aliphatic hydroxyl groups excluding tert-OH is 11. The molecule has 0 aromatic carbocycles. The zero-order valence-electron chi connectivity index (χ0n) is 50.2. The Bertz CT molecular complexity index is 1640. The van der Waals surface area contributed by atoms with E-state index in [2.05, 4.69) is 55.6 Å². The van der Waals surface area contributed by atoms with E-state index in [9.17, 15) is 61.0 Å². The van der Waals surface area contributed by atoms with Crippen molar-refractivity contribution in [3.63, 3.8) is 0 Å². The van der Waals surface area contributed by atoms with Crippen molar-refractivity contribution in [2.24, 2.45) is 0 Å². The Labute approximate surface area is 491 Å². The van der Waals surface area contributed by atoms with Crippen molar-refractivity contribution in [1.29, 1.82) is 0 Å². The maximum Gasteiger partial charge on any atom is 0.220 e. The number of allylic oxidation sites excluding steroid dienone is 6. The Morgan fingerprint density at radius 1 is 0.439 bits per heavy atom. The van der Waals surface area contributed by atoms with E-state index in [1.807, 2.05) is 0 Å². The molecule has 0 aliphatic carbocycles. The summed E-state index contributed by atoms with van der Waals surface area (Å²) in [5, 5.41) is 120. The average Bonchev–Trinajstić information content (AvgIpc) is 3.49. The molecule has 0 bridgehead atoms. The minimum absolute atomic E-state index is 0.251. The largest absolute Gasteiger partial charge is 0.394 e. The fourth-order valence-corrected chi connectivity index (χ4v) is 10.9. The van der Waals surface area contributed by atoms with Gasteiger partial charge < -0.3 is 89.9 Å². The van der Waals surface area contributed by atoms with Crippen LogP contribution in [0.15, 0.2) is 36.5 Å². The summed E-state index contributed by atoms with van der Waals surface area (Å²) in [6.07, 6.45) is 25.0. The average molecular weight is 1170 g/mol. The van der Waals surface area contributed by atoms with Crippen molar-refractivity contribution < 1.29 is 89.4 Å². The van der Waals surface area contributed by atoms with Crippen LogP contribution in [0.2, 0.25) is 0 Å².